The average molecular weight is 689 g/mol. The lowest BCUT2D eigenvalue weighted by Crippen LogP contribution is -2.64. The van der Waals surface area contributed by atoms with Crippen LogP contribution < -0.4 is 10.1 Å². The van der Waals surface area contributed by atoms with E-state index in [0.29, 0.717) is 28.2 Å². The van der Waals surface area contributed by atoms with E-state index < -0.39 is 11.2 Å². The summed E-state index contributed by atoms with van der Waals surface area (Å²) in [6, 6.07) is 0. The molecule has 0 spiro atoms. The molecule has 7 heteroatoms. The van der Waals surface area contributed by atoms with Gasteiger partial charge in [0.25, 0.3) is 0 Å². The number of allylic oxidation sites excluding steroid dienone is 4. The molecule has 5 fully saturated rings. The molecule has 0 bridgehead atoms. The van der Waals surface area contributed by atoms with Crippen LogP contribution in [0.5, 0.6) is 5.88 Å². The highest BCUT2D eigenvalue weighted by atomic mass is 32.2. The molecule has 1 aromatic rings. The Kier molecular flexibility index (Phi) is 9.57. The number of hydrogen-bond donors (Lipinski definition) is 1. The molecule has 1 aliphatic heterocycles. The van der Waals surface area contributed by atoms with Gasteiger partial charge < -0.3 is 14.6 Å². The summed E-state index contributed by atoms with van der Waals surface area (Å²) in [6.45, 7) is 15.7. The molecule has 0 radical (unpaired) electrons. The minimum atomic E-state index is -0.584. The third-order valence-corrected chi connectivity index (χ3v) is 17.4. The molecular weight excluding hydrogens is 625 g/mol. The number of aromatic nitrogens is 2. The standard InChI is InChI=1S/C42H64N4O2S/c1-39(2)33(31-9-7-30(8-10-31)29-48-38-28-43-20-21-44-38)13-17-41(4)36(39)15-18-40(3)34-14-19-42(45-22-23-46-24-26-49(47)27-25-46)16-5-6-35(42)32(34)11-12-37(40)41/h9,13,20-21,28,30,32,34-37,45H,5-8,10-12,14-19,22-27,29H2,1-4H3. The maximum atomic E-state index is 11.9. The van der Waals surface area contributed by atoms with Gasteiger partial charge in [0, 0.05) is 44.1 Å². The molecule has 270 valence electrons. The van der Waals surface area contributed by atoms with E-state index >= 15 is 0 Å². The number of nitrogens with zero attached hydrogens (tertiary/aromatic N) is 3. The normalized spacial score (nSPS) is 42.2. The van der Waals surface area contributed by atoms with Crippen molar-refractivity contribution in [3.63, 3.8) is 0 Å². The number of ether oxygens (including phenoxy) is 1. The lowest BCUT2D eigenvalue weighted by molar-refractivity contribution is -0.175. The summed E-state index contributed by atoms with van der Waals surface area (Å²) < 4.78 is 17.9. The summed E-state index contributed by atoms with van der Waals surface area (Å²) >= 11 is -0.584. The Bertz CT molecular complexity index is 1390. The molecule has 9 unspecified atom stereocenters. The van der Waals surface area contributed by atoms with Crippen LogP contribution in [0.15, 0.2) is 41.9 Å². The van der Waals surface area contributed by atoms with E-state index in [1.54, 1.807) is 29.7 Å². The van der Waals surface area contributed by atoms with Crippen molar-refractivity contribution in [2.75, 3.05) is 44.3 Å². The molecule has 1 saturated heterocycles. The van der Waals surface area contributed by atoms with Crippen LogP contribution in [0.2, 0.25) is 0 Å². The van der Waals surface area contributed by atoms with Gasteiger partial charge >= 0.3 is 0 Å². The van der Waals surface area contributed by atoms with E-state index in [1.807, 2.05) is 0 Å². The molecular formula is C42H64N4O2S. The fourth-order valence-electron chi connectivity index (χ4n) is 13.9. The van der Waals surface area contributed by atoms with Gasteiger partial charge in [-0.1, -0.05) is 57.4 Å². The van der Waals surface area contributed by atoms with Crippen molar-refractivity contribution in [3.8, 4) is 5.88 Å². The predicted molar refractivity (Wildman–Crippen MR) is 200 cm³/mol. The van der Waals surface area contributed by atoms with Crippen LogP contribution >= 0.6 is 0 Å². The quantitative estimate of drug-likeness (QED) is 0.279. The number of fused-ring (bicyclic) bond motifs is 7. The monoisotopic (exact) mass is 688 g/mol. The number of nitrogens with one attached hydrogen (secondary N) is 1. The lowest BCUT2D eigenvalue weighted by atomic mass is 9.37. The van der Waals surface area contributed by atoms with Gasteiger partial charge in [-0.15, -0.1) is 0 Å². The van der Waals surface area contributed by atoms with Crippen LogP contribution in [0.3, 0.4) is 0 Å². The SMILES string of the molecule is CC1(C)C(C2=CCC(COc3cnccn3)CC2)=CCC2(C)C1CCC1(C)C3CCC4(NCCN5CC[S+]([O-])CC5)CCCC4C3CCC12. The van der Waals surface area contributed by atoms with E-state index in [4.69, 9.17) is 4.74 Å². The highest BCUT2D eigenvalue weighted by Crippen LogP contribution is 2.72. The Morgan fingerprint density at radius 3 is 2.55 bits per heavy atom. The molecule has 9 atom stereocenters. The highest BCUT2D eigenvalue weighted by Gasteiger charge is 2.65. The second-order valence-electron chi connectivity index (χ2n) is 18.6. The van der Waals surface area contributed by atoms with Gasteiger partial charge in [0.15, 0.2) is 0 Å². The fraction of sp³-hybridized carbons (Fsp3) is 0.810. The molecule has 6 aliphatic carbocycles. The largest absolute Gasteiger partial charge is 0.616 e. The first-order valence-corrected chi connectivity index (χ1v) is 21.7. The summed E-state index contributed by atoms with van der Waals surface area (Å²) in [6.07, 6.45) is 28.0. The van der Waals surface area contributed by atoms with Crippen molar-refractivity contribution in [2.24, 2.45) is 51.8 Å². The molecule has 0 amide bonds. The van der Waals surface area contributed by atoms with E-state index in [2.05, 4.69) is 60.0 Å². The van der Waals surface area contributed by atoms with Gasteiger partial charge in [-0.2, -0.15) is 0 Å². The van der Waals surface area contributed by atoms with E-state index in [0.717, 1.165) is 80.3 Å². The van der Waals surface area contributed by atoms with Crippen molar-refractivity contribution in [1.29, 1.82) is 0 Å². The molecule has 7 aliphatic rings. The van der Waals surface area contributed by atoms with Crippen LogP contribution in [-0.4, -0.2) is 69.3 Å². The van der Waals surface area contributed by atoms with E-state index in [9.17, 15) is 4.55 Å². The van der Waals surface area contributed by atoms with Gasteiger partial charge in [-0.25, -0.2) is 4.98 Å². The number of rotatable bonds is 8. The summed E-state index contributed by atoms with van der Waals surface area (Å²) in [5.74, 6) is 7.20. The van der Waals surface area contributed by atoms with Gasteiger partial charge in [0.1, 0.15) is 11.5 Å². The molecule has 49 heavy (non-hydrogen) atoms. The van der Waals surface area contributed by atoms with Crippen LogP contribution in [0, 0.1) is 51.8 Å². The van der Waals surface area contributed by atoms with Crippen molar-refractivity contribution >= 4 is 11.2 Å². The summed E-state index contributed by atoms with van der Waals surface area (Å²) in [5.41, 5.74) is 4.79. The van der Waals surface area contributed by atoms with Crippen molar-refractivity contribution < 1.29 is 9.29 Å². The van der Waals surface area contributed by atoms with Crippen LogP contribution in [0.1, 0.15) is 111 Å². The zero-order chi connectivity index (χ0) is 33.9. The maximum absolute atomic E-state index is 11.9. The molecule has 1 N–H and O–H groups in total. The molecule has 1 aromatic heterocycles. The number of hydrogen-bond acceptors (Lipinski definition) is 6. The minimum Gasteiger partial charge on any atom is -0.616 e. The topological polar surface area (TPSA) is 73.3 Å². The average Bonchev–Trinajstić information content (AvgIpc) is 3.53. The zero-order valence-electron chi connectivity index (χ0n) is 31.1. The molecule has 8 rings (SSSR count). The van der Waals surface area contributed by atoms with Crippen LogP contribution in [0.25, 0.3) is 0 Å². The molecule has 6 nitrogen and oxygen atoms in total. The van der Waals surface area contributed by atoms with Gasteiger partial charge in [-0.05, 0) is 140 Å². The highest BCUT2D eigenvalue weighted by molar-refractivity contribution is 7.91. The molecule has 2 heterocycles. The Balaban J connectivity index is 0.936. The van der Waals surface area contributed by atoms with E-state index in [1.165, 1.54) is 77.0 Å². The van der Waals surface area contributed by atoms with Crippen LogP contribution in [-0.2, 0) is 11.2 Å². The Morgan fingerprint density at radius 2 is 1.78 bits per heavy atom. The second-order valence-corrected chi connectivity index (χ2v) is 20.3. The third kappa shape index (κ3) is 6.16. The predicted octanol–water partition coefficient (Wildman–Crippen LogP) is 7.99. The summed E-state index contributed by atoms with van der Waals surface area (Å²) in [4.78, 5) is 11.0. The zero-order valence-corrected chi connectivity index (χ0v) is 31.9. The van der Waals surface area contributed by atoms with Crippen LogP contribution in [0.4, 0.5) is 0 Å². The van der Waals surface area contributed by atoms with Gasteiger partial charge in [0.2, 0.25) is 5.88 Å². The van der Waals surface area contributed by atoms with Crippen molar-refractivity contribution in [3.05, 3.63) is 41.9 Å². The van der Waals surface area contributed by atoms with Gasteiger partial charge in [0.05, 0.1) is 12.8 Å². The summed E-state index contributed by atoms with van der Waals surface area (Å²) in [5, 5.41) is 4.25. The molecule has 4 saturated carbocycles. The van der Waals surface area contributed by atoms with Crippen molar-refractivity contribution in [1.82, 2.24) is 20.2 Å². The first-order valence-electron chi connectivity index (χ1n) is 20.2. The Morgan fingerprint density at radius 1 is 0.918 bits per heavy atom. The third-order valence-electron chi connectivity index (χ3n) is 16.1. The summed E-state index contributed by atoms with van der Waals surface area (Å²) in [7, 11) is 0. The first kappa shape index (κ1) is 34.7. The second kappa shape index (κ2) is 13.5. The lowest BCUT2D eigenvalue weighted by Gasteiger charge is -2.68. The van der Waals surface area contributed by atoms with Crippen molar-refractivity contribution in [2.45, 2.75) is 117 Å². The maximum Gasteiger partial charge on any atom is 0.232 e. The van der Waals surface area contributed by atoms with Gasteiger partial charge in [-0.3, -0.25) is 9.88 Å². The van der Waals surface area contributed by atoms with E-state index in [-0.39, 0.29) is 5.41 Å². The molecule has 0 aromatic carbocycles. The Labute approximate surface area is 300 Å². The Hall–Kier alpha value is -1.41. The minimum absolute atomic E-state index is 0.223. The first-order chi connectivity index (χ1) is 23.6. The fourth-order valence-corrected chi connectivity index (χ4v) is 15.0. The smallest absolute Gasteiger partial charge is 0.232 e.